The van der Waals surface area contributed by atoms with Crippen molar-refractivity contribution in [3.63, 3.8) is 0 Å². The van der Waals surface area contributed by atoms with Crippen LogP contribution in [-0.2, 0) is 17.8 Å². The number of nitrogens with zero attached hydrogens (tertiary/aromatic N) is 1. The summed E-state index contributed by atoms with van der Waals surface area (Å²) in [5, 5.41) is 3.56. The van der Waals surface area contributed by atoms with Gasteiger partial charge < -0.3 is 14.5 Å². The number of hydrogen-bond donors (Lipinski definition) is 1. The van der Waals surface area contributed by atoms with E-state index in [0.717, 1.165) is 50.4 Å². The fourth-order valence-electron chi connectivity index (χ4n) is 3.11. The Morgan fingerprint density at radius 2 is 2.19 bits per heavy atom. The quantitative estimate of drug-likeness (QED) is 0.838. The Morgan fingerprint density at radius 1 is 1.33 bits per heavy atom. The number of hydrogen-bond acceptors (Lipinski definition) is 4. The highest BCUT2D eigenvalue weighted by atomic mass is 16.5. The van der Waals surface area contributed by atoms with Crippen LogP contribution in [0.25, 0.3) is 0 Å². The van der Waals surface area contributed by atoms with Gasteiger partial charge >= 0.3 is 0 Å². The second kappa shape index (κ2) is 6.95. The molecule has 0 aromatic carbocycles. The minimum atomic E-state index is 0.677. The van der Waals surface area contributed by atoms with Gasteiger partial charge in [-0.1, -0.05) is 0 Å². The van der Waals surface area contributed by atoms with E-state index in [0.29, 0.717) is 5.92 Å². The average molecular weight is 292 g/mol. The molecule has 1 aromatic heterocycles. The average Bonchev–Trinajstić information content (AvgIpc) is 3.22. The Kier molecular flexibility index (Phi) is 4.99. The molecule has 0 spiro atoms. The molecule has 0 amide bonds. The molecular formula is C17H28N2O2. The van der Waals surface area contributed by atoms with Crippen LogP contribution < -0.4 is 5.32 Å². The maximum Gasteiger partial charge on any atom is 0.118 e. The normalized spacial score (nSPS) is 22.9. The number of ether oxygens (including phenoxy) is 1. The van der Waals surface area contributed by atoms with E-state index in [4.69, 9.17) is 9.15 Å². The molecule has 4 heteroatoms. The first kappa shape index (κ1) is 15.1. The zero-order valence-corrected chi connectivity index (χ0v) is 13.4. The molecule has 1 aliphatic carbocycles. The molecule has 1 atom stereocenters. The van der Waals surface area contributed by atoms with Crippen LogP contribution in [0.1, 0.15) is 42.8 Å². The molecule has 0 radical (unpaired) electrons. The first-order valence-corrected chi connectivity index (χ1v) is 8.28. The zero-order chi connectivity index (χ0) is 14.7. The first-order chi connectivity index (χ1) is 10.2. The van der Waals surface area contributed by atoms with Crippen LogP contribution in [0.4, 0.5) is 0 Å². The molecule has 3 rings (SSSR count). The van der Waals surface area contributed by atoms with Crippen molar-refractivity contribution < 1.29 is 9.15 Å². The third kappa shape index (κ3) is 4.56. The molecule has 2 heterocycles. The van der Waals surface area contributed by atoms with Crippen LogP contribution >= 0.6 is 0 Å². The summed E-state index contributed by atoms with van der Waals surface area (Å²) in [6.07, 6.45) is 5.15. The van der Waals surface area contributed by atoms with Gasteiger partial charge in [-0.3, -0.25) is 4.90 Å². The van der Waals surface area contributed by atoms with Crippen LogP contribution in [0.3, 0.4) is 0 Å². The van der Waals surface area contributed by atoms with Gasteiger partial charge in [0, 0.05) is 31.3 Å². The van der Waals surface area contributed by atoms with E-state index in [-0.39, 0.29) is 0 Å². The summed E-state index contributed by atoms with van der Waals surface area (Å²) in [7, 11) is 2.18. The molecule has 0 bridgehead atoms. The van der Waals surface area contributed by atoms with Gasteiger partial charge in [0.2, 0.25) is 0 Å². The van der Waals surface area contributed by atoms with Crippen LogP contribution in [0.5, 0.6) is 0 Å². The highest BCUT2D eigenvalue weighted by molar-refractivity contribution is 5.21. The van der Waals surface area contributed by atoms with Gasteiger partial charge in [-0.25, -0.2) is 0 Å². The van der Waals surface area contributed by atoms with E-state index in [2.05, 4.69) is 30.3 Å². The second-order valence-electron chi connectivity index (χ2n) is 6.73. The molecule has 1 N–H and O–H groups in total. The topological polar surface area (TPSA) is 37.6 Å². The lowest BCUT2D eigenvalue weighted by molar-refractivity contribution is 0.0403. The van der Waals surface area contributed by atoms with E-state index in [1.165, 1.54) is 31.2 Å². The predicted octanol–water partition coefficient (Wildman–Crippen LogP) is 2.70. The molecule has 2 aliphatic rings. The molecule has 1 aliphatic heterocycles. The minimum absolute atomic E-state index is 0.677. The van der Waals surface area contributed by atoms with Crippen LogP contribution in [0.2, 0.25) is 0 Å². The summed E-state index contributed by atoms with van der Waals surface area (Å²) in [5.41, 5.74) is 1.31. The van der Waals surface area contributed by atoms with Crippen molar-refractivity contribution in [3.05, 3.63) is 23.2 Å². The third-order valence-electron chi connectivity index (χ3n) is 4.48. The Balaban J connectivity index is 1.47. The molecule has 1 aromatic rings. The fourth-order valence-corrected chi connectivity index (χ4v) is 3.11. The molecule has 118 valence electrons. The Labute approximate surface area is 127 Å². The van der Waals surface area contributed by atoms with Crippen LogP contribution in [-0.4, -0.2) is 37.7 Å². The van der Waals surface area contributed by atoms with Gasteiger partial charge in [-0.2, -0.15) is 0 Å². The van der Waals surface area contributed by atoms with Crippen molar-refractivity contribution in [2.75, 3.05) is 26.8 Å². The molecule has 1 saturated carbocycles. The monoisotopic (exact) mass is 292 g/mol. The lowest BCUT2D eigenvalue weighted by Crippen LogP contribution is -2.30. The predicted molar refractivity (Wildman–Crippen MR) is 83.2 cm³/mol. The van der Waals surface area contributed by atoms with Crippen molar-refractivity contribution in [1.29, 1.82) is 0 Å². The number of nitrogens with one attached hydrogen (secondary N) is 1. The molecular weight excluding hydrogens is 264 g/mol. The summed E-state index contributed by atoms with van der Waals surface area (Å²) >= 11 is 0. The van der Waals surface area contributed by atoms with E-state index in [1.54, 1.807) is 0 Å². The summed E-state index contributed by atoms with van der Waals surface area (Å²) in [6.45, 7) is 6.85. The van der Waals surface area contributed by atoms with Crippen molar-refractivity contribution in [2.45, 2.75) is 51.7 Å². The van der Waals surface area contributed by atoms with E-state index >= 15 is 0 Å². The lowest BCUT2D eigenvalue weighted by atomic mass is 10.0. The maximum absolute atomic E-state index is 5.91. The second-order valence-corrected chi connectivity index (χ2v) is 6.73. The fraction of sp³-hybridized carbons (Fsp3) is 0.765. The van der Waals surface area contributed by atoms with Gasteiger partial charge in [-0.05, 0) is 51.6 Å². The summed E-state index contributed by atoms with van der Waals surface area (Å²) in [6, 6.07) is 2.97. The maximum atomic E-state index is 5.91. The third-order valence-corrected chi connectivity index (χ3v) is 4.48. The Hall–Kier alpha value is -0.840. The van der Waals surface area contributed by atoms with E-state index < -0.39 is 0 Å². The van der Waals surface area contributed by atoms with E-state index in [1.807, 2.05) is 0 Å². The lowest BCUT2D eigenvalue weighted by Gasteiger charge is -2.26. The molecule has 21 heavy (non-hydrogen) atoms. The van der Waals surface area contributed by atoms with Gasteiger partial charge in [-0.15, -0.1) is 0 Å². The number of aryl methyl sites for hydroxylation is 1. The number of furan rings is 1. The van der Waals surface area contributed by atoms with Crippen LogP contribution in [0, 0.1) is 12.8 Å². The van der Waals surface area contributed by atoms with Crippen molar-refractivity contribution in [3.8, 4) is 0 Å². The largest absolute Gasteiger partial charge is 0.465 e. The molecule has 4 nitrogen and oxygen atoms in total. The van der Waals surface area contributed by atoms with Gasteiger partial charge in [0.05, 0.1) is 13.2 Å². The standard InChI is InChI=1S/C17H28N2O2/c1-13-15(9-18-16-5-6-16)8-17(21-13)11-19(2)10-14-4-3-7-20-12-14/h8,14,16,18H,3-7,9-12H2,1-2H3. The summed E-state index contributed by atoms with van der Waals surface area (Å²) in [4.78, 5) is 2.36. The Morgan fingerprint density at radius 3 is 2.90 bits per heavy atom. The summed E-state index contributed by atoms with van der Waals surface area (Å²) in [5.74, 6) is 2.82. The van der Waals surface area contributed by atoms with Gasteiger partial charge in [0.1, 0.15) is 11.5 Å². The van der Waals surface area contributed by atoms with Gasteiger partial charge in [0.15, 0.2) is 0 Å². The first-order valence-electron chi connectivity index (χ1n) is 8.28. The molecule has 1 unspecified atom stereocenters. The van der Waals surface area contributed by atoms with E-state index in [9.17, 15) is 0 Å². The smallest absolute Gasteiger partial charge is 0.118 e. The molecule has 2 fully saturated rings. The highest BCUT2D eigenvalue weighted by Crippen LogP contribution is 2.22. The van der Waals surface area contributed by atoms with Crippen molar-refractivity contribution in [2.24, 2.45) is 5.92 Å². The van der Waals surface area contributed by atoms with Crippen molar-refractivity contribution >= 4 is 0 Å². The highest BCUT2D eigenvalue weighted by Gasteiger charge is 2.21. The SMILES string of the molecule is Cc1oc(CN(C)CC2CCCOC2)cc1CNC1CC1. The number of rotatable bonds is 7. The van der Waals surface area contributed by atoms with Crippen LogP contribution in [0.15, 0.2) is 10.5 Å². The molecule has 1 saturated heterocycles. The van der Waals surface area contributed by atoms with Crippen molar-refractivity contribution in [1.82, 2.24) is 10.2 Å². The Bertz CT molecular complexity index is 448. The minimum Gasteiger partial charge on any atom is -0.465 e. The zero-order valence-electron chi connectivity index (χ0n) is 13.4. The summed E-state index contributed by atoms with van der Waals surface area (Å²) < 4.78 is 11.5. The van der Waals surface area contributed by atoms with Gasteiger partial charge in [0.25, 0.3) is 0 Å².